The number of anilines is 1. The number of benzene rings is 1. The van der Waals surface area contributed by atoms with Crippen molar-refractivity contribution in [2.75, 3.05) is 32.6 Å². The first-order chi connectivity index (χ1) is 10.7. The van der Waals surface area contributed by atoms with Crippen LogP contribution in [0.5, 0.6) is 0 Å². The summed E-state index contributed by atoms with van der Waals surface area (Å²) < 4.78 is 28.0. The molecule has 1 aromatic rings. The number of nitrogens with zero attached hydrogens (tertiary/aromatic N) is 2. The third kappa shape index (κ3) is 6.98. The second-order valence-corrected chi connectivity index (χ2v) is 7.50. The average Bonchev–Trinajstić information content (AvgIpc) is 2.45. The average molecular weight is 343 g/mol. The zero-order chi connectivity index (χ0) is 17.5. The van der Waals surface area contributed by atoms with Crippen molar-refractivity contribution in [3.8, 4) is 0 Å². The molecule has 0 aliphatic heterocycles. The molecular weight excluding hydrogens is 318 g/mol. The van der Waals surface area contributed by atoms with Crippen molar-refractivity contribution >= 4 is 22.0 Å². The Bertz CT molecular complexity index is 627. The van der Waals surface area contributed by atoms with Crippen molar-refractivity contribution in [3.63, 3.8) is 0 Å². The van der Waals surface area contributed by atoms with Crippen LogP contribution in [0.25, 0.3) is 0 Å². The minimum Gasteiger partial charge on any atom is -0.378 e. The van der Waals surface area contributed by atoms with Crippen molar-refractivity contribution in [2.24, 2.45) is 4.40 Å². The molecule has 130 valence electrons. The van der Waals surface area contributed by atoms with Crippen LogP contribution in [0.3, 0.4) is 0 Å². The molecule has 0 aliphatic carbocycles. The molecule has 0 atom stereocenters. The molecule has 0 aromatic heterocycles. The van der Waals surface area contributed by atoms with Crippen molar-refractivity contribution in [3.05, 3.63) is 24.3 Å². The molecule has 8 heteroatoms. The highest BCUT2D eigenvalue weighted by molar-refractivity contribution is 7.90. The standard InChI is InChI=1S/C15H25N3O4S/c1-6-21-22-11-15(2,3)17-13-8-7-9-14(10-13)23(19,20)16-12-18(4)5/h7-10,12,17H,6,11H2,1-5H3. The Morgan fingerprint density at radius 3 is 2.61 bits per heavy atom. The maximum absolute atomic E-state index is 12.2. The van der Waals surface area contributed by atoms with Crippen LogP contribution in [0, 0.1) is 0 Å². The fraction of sp³-hybridized carbons (Fsp3) is 0.533. The van der Waals surface area contributed by atoms with E-state index >= 15 is 0 Å². The molecule has 0 amide bonds. The van der Waals surface area contributed by atoms with E-state index in [4.69, 9.17) is 9.78 Å². The lowest BCUT2D eigenvalue weighted by molar-refractivity contribution is -0.296. The summed E-state index contributed by atoms with van der Waals surface area (Å²) in [5.74, 6) is 0. The molecule has 0 unspecified atom stereocenters. The van der Waals surface area contributed by atoms with Gasteiger partial charge in [-0.05, 0) is 39.0 Å². The van der Waals surface area contributed by atoms with E-state index in [2.05, 4.69) is 9.71 Å². The van der Waals surface area contributed by atoms with Gasteiger partial charge < -0.3 is 10.2 Å². The van der Waals surface area contributed by atoms with Gasteiger partial charge in [0.15, 0.2) is 0 Å². The minimum atomic E-state index is -3.72. The summed E-state index contributed by atoms with van der Waals surface area (Å²) in [4.78, 5) is 11.6. The van der Waals surface area contributed by atoms with Crippen molar-refractivity contribution in [1.82, 2.24) is 4.90 Å². The van der Waals surface area contributed by atoms with E-state index in [1.54, 1.807) is 37.2 Å². The highest BCUT2D eigenvalue weighted by Gasteiger charge is 2.20. The predicted octanol–water partition coefficient (Wildman–Crippen LogP) is 2.12. The quantitative estimate of drug-likeness (QED) is 0.243. The SMILES string of the molecule is CCOOCC(C)(C)Nc1cccc(S(=O)(=O)N=CN(C)C)c1. The van der Waals surface area contributed by atoms with Gasteiger partial charge in [0.05, 0.1) is 17.0 Å². The monoisotopic (exact) mass is 343 g/mol. The number of nitrogens with one attached hydrogen (secondary N) is 1. The molecular formula is C15H25N3O4S. The van der Waals surface area contributed by atoms with Gasteiger partial charge >= 0.3 is 0 Å². The van der Waals surface area contributed by atoms with Gasteiger partial charge in [0, 0.05) is 19.8 Å². The lowest BCUT2D eigenvalue weighted by Gasteiger charge is -2.26. The van der Waals surface area contributed by atoms with Crippen molar-refractivity contribution in [2.45, 2.75) is 31.2 Å². The Kier molecular flexibility index (Phi) is 6.99. The van der Waals surface area contributed by atoms with E-state index < -0.39 is 15.6 Å². The van der Waals surface area contributed by atoms with Gasteiger partial charge in [-0.1, -0.05) is 6.07 Å². The zero-order valence-electron chi connectivity index (χ0n) is 14.2. The van der Waals surface area contributed by atoms with Gasteiger partial charge in [-0.3, -0.25) is 0 Å². The van der Waals surface area contributed by atoms with Gasteiger partial charge in [-0.15, -0.1) is 4.40 Å². The Morgan fingerprint density at radius 1 is 1.30 bits per heavy atom. The minimum absolute atomic E-state index is 0.127. The Labute approximate surface area is 138 Å². The molecule has 0 saturated heterocycles. The largest absolute Gasteiger partial charge is 0.378 e. The van der Waals surface area contributed by atoms with E-state index in [0.29, 0.717) is 18.9 Å². The van der Waals surface area contributed by atoms with Crippen LogP contribution in [-0.4, -0.2) is 52.5 Å². The molecule has 7 nitrogen and oxygen atoms in total. The lowest BCUT2D eigenvalue weighted by Crippen LogP contribution is -2.36. The summed E-state index contributed by atoms with van der Waals surface area (Å²) in [7, 11) is -0.310. The second kappa shape index (κ2) is 8.28. The first kappa shape index (κ1) is 19.4. The maximum atomic E-state index is 12.2. The lowest BCUT2D eigenvalue weighted by atomic mass is 10.1. The van der Waals surface area contributed by atoms with Crippen LogP contribution >= 0.6 is 0 Å². The Hall–Kier alpha value is -1.64. The number of sulfonamides is 1. The normalized spacial score (nSPS) is 12.6. The molecule has 1 N–H and O–H groups in total. The third-order valence-electron chi connectivity index (χ3n) is 2.65. The van der Waals surface area contributed by atoms with Crippen LogP contribution in [0.2, 0.25) is 0 Å². The molecule has 0 spiro atoms. The zero-order valence-corrected chi connectivity index (χ0v) is 15.1. The Morgan fingerprint density at radius 2 is 2.00 bits per heavy atom. The van der Waals surface area contributed by atoms with Crippen molar-refractivity contribution < 1.29 is 18.2 Å². The summed E-state index contributed by atoms with van der Waals surface area (Å²) in [5.41, 5.74) is 0.237. The van der Waals surface area contributed by atoms with E-state index in [1.165, 1.54) is 12.4 Å². The van der Waals surface area contributed by atoms with Crippen LogP contribution in [0.4, 0.5) is 5.69 Å². The molecule has 0 fully saturated rings. The fourth-order valence-electron chi connectivity index (χ4n) is 1.65. The van der Waals surface area contributed by atoms with Gasteiger partial charge in [0.2, 0.25) is 0 Å². The molecule has 1 aromatic carbocycles. The van der Waals surface area contributed by atoms with Gasteiger partial charge in [0.1, 0.15) is 12.9 Å². The summed E-state index contributed by atoms with van der Waals surface area (Å²) in [6, 6.07) is 6.51. The van der Waals surface area contributed by atoms with Crippen LogP contribution < -0.4 is 5.32 Å². The number of rotatable bonds is 9. The summed E-state index contributed by atoms with van der Waals surface area (Å²) in [6.45, 7) is 6.47. The molecule has 0 bridgehead atoms. The van der Waals surface area contributed by atoms with Crippen LogP contribution in [-0.2, 0) is 19.8 Å². The van der Waals surface area contributed by atoms with Gasteiger partial charge in [-0.25, -0.2) is 9.78 Å². The molecule has 1 rings (SSSR count). The molecule has 0 heterocycles. The third-order valence-corrected chi connectivity index (χ3v) is 3.87. The van der Waals surface area contributed by atoms with E-state index in [1.807, 2.05) is 20.8 Å². The topological polar surface area (TPSA) is 80.2 Å². The Balaban J connectivity index is 2.88. The number of hydrogen-bond donors (Lipinski definition) is 1. The first-order valence-corrected chi connectivity index (χ1v) is 8.70. The maximum Gasteiger partial charge on any atom is 0.283 e. The van der Waals surface area contributed by atoms with Crippen LogP contribution in [0.15, 0.2) is 33.6 Å². The van der Waals surface area contributed by atoms with Gasteiger partial charge in [-0.2, -0.15) is 8.42 Å². The highest BCUT2D eigenvalue weighted by Crippen LogP contribution is 2.21. The molecule has 23 heavy (non-hydrogen) atoms. The summed E-state index contributed by atoms with van der Waals surface area (Å²) in [5, 5.41) is 3.22. The fourth-order valence-corrected chi connectivity index (χ4v) is 2.61. The number of hydrogen-bond acceptors (Lipinski definition) is 5. The van der Waals surface area contributed by atoms with E-state index in [9.17, 15) is 8.42 Å². The predicted molar refractivity (Wildman–Crippen MR) is 91.1 cm³/mol. The highest BCUT2D eigenvalue weighted by atomic mass is 32.2. The van der Waals surface area contributed by atoms with E-state index in [-0.39, 0.29) is 4.90 Å². The smallest absolute Gasteiger partial charge is 0.283 e. The van der Waals surface area contributed by atoms with Crippen LogP contribution in [0.1, 0.15) is 20.8 Å². The van der Waals surface area contributed by atoms with E-state index in [0.717, 1.165) is 0 Å². The second-order valence-electron chi connectivity index (χ2n) is 5.86. The molecule has 0 radical (unpaired) electrons. The molecule has 0 saturated carbocycles. The van der Waals surface area contributed by atoms with Gasteiger partial charge in [0.25, 0.3) is 10.0 Å². The molecule has 0 aliphatic rings. The van der Waals surface area contributed by atoms with Crippen molar-refractivity contribution in [1.29, 1.82) is 0 Å². The summed E-state index contributed by atoms with van der Waals surface area (Å²) in [6.07, 6.45) is 1.26. The summed E-state index contributed by atoms with van der Waals surface area (Å²) >= 11 is 0. The first-order valence-electron chi connectivity index (χ1n) is 7.26.